The fourth-order valence-corrected chi connectivity index (χ4v) is 3.35. The molecule has 0 aromatic heterocycles. The van der Waals surface area contributed by atoms with Gasteiger partial charge in [0.25, 0.3) is 0 Å². The molecule has 1 atom stereocenters. The van der Waals surface area contributed by atoms with E-state index in [1.165, 1.54) is 24.3 Å². The molecule has 0 aliphatic carbocycles. The Morgan fingerprint density at radius 3 is 1.76 bits per heavy atom. The van der Waals surface area contributed by atoms with Gasteiger partial charge in [-0.1, -0.05) is 24.3 Å². The minimum atomic E-state index is -6.61. The van der Waals surface area contributed by atoms with Crippen LogP contribution in [0.2, 0.25) is 0 Å². The van der Waals surface area contributed by atoms with Gasteiger partial charge in [-0.3, -0.25) is 0 Å². The lowest BCUT2D eigenvalue weighted by Crippen LogP contribution is -2.50. The van der Waals surface area contributed by atoms with Crippen LogP contribution < -0.4 is 19.5 Å². The second-order valence-corrected chi connectivity index (χ2v) is 8.88. The zero-order chi connectivity index (χ0) is 30.8. The molecule has 41 heavy (non-hydrogen) atoms. The molecule has 0 heterocycles. The largest absolute Gasteiger partial charge is 0.460 e. The van der Waals surface area contributed by atoms with Crippen molar-refractivity contribution in [2.75, 3.05) is 30.6 Å². The highest BCUT2D eigenvalue weighted by Crippen LogP contribution is 2.52. The van der Waals surface area contributed by atoms with Crippen molar-refractivity contribution in [3.05, 3.63) is 78.4 Å². The van der Waals surface area contributed by atoms with Gasteiger partial charge in [0.15, 0.2) is 11.9 Å². The predicted molar refractivity (Wildman–Crippen MR) is 129 cm³/mol. The van der Waals surface area contributed by atoms with Crippen molar-refractivity contribution in [3.63, 3.8) is 0 Å². The van der Waals surface area contributed by atoms with E-state index >= 15 is 0 Å². The fraction of sp³-hybridized carbons (Fsp3) is 0.308. The molecule has 15 heteroatoms. The number of aliphatic hydroxyl groups is 1. The zero-order valence-electron chi connectivity index (χ0n) is 21.2. The van der Waals surface area contributed by atoms with Crippen molar-refractivity contribution in [3.8, 4) is 17.2 Å². The Balaban J connectivity index is 1.97. The number of anilines is 2. The first-order valence-electron chi connectivity index (χ1n) is 11.5. The van der Waals surface area contributed by atoms with Crippen molar-refractivity contribution < 1.29 is 58.6 Å². The summed E-state index contributed by atoms with van der Waals surface area (Å²) in [4.78, 5) is 6.99. The molecule has 3 rings (SSSR count). The van der Waals surface area contributed by atoms with Gasteiger partial charge in [-0.05, 0) is 36.4 Å². The first-order valence-corrected chi connectivity index (χ1v) is 11.5. The molecule has 1 unspecified atom stereocenters. The number of aliphatic hydroxyl groups excluding tert-OH is 1. The van der Waals surface area contributed by atoms with Gasteiger partial charge < -0.3 is 19.6 Å². The molecule has 0 saturated carbocycles. The molecule has 0 saturated heterocycles. The molecule has 5 nitrogen and oxygen atoms in total. The van der Waals surface area contributed by atoms with E-state index in [1.807, 2.05) is 0 Å². The van der Waals surface area contributed by atoms with Crippen LogP contribution in [0.1, 0.15) is 5.56 Å². The molecule has 0 fully saturated rings. The van der Waals surface area contributed by atoms with Crippen LogP contribution >= 0.6 is 0 Å². The molecule has 0 aliphatic heterocycles. The number of halogens is 10. The summed E-state index contributed by atoms with van der Waals surface area (Å²) in [5.74, 6) is -12.6. The molecule has 1 N–H and O–H groups in total. The van der Waals surface area contributed by atoms with Gasteiger partial charge in [0, 0.05) is 37.5 Å². The van der Waals surface area contributed by atoms with Crippen molar-refractivity contribution in [1.82, 2.24) is 0 Å². The average Bonchev–Trinajstić information content (AvgIpc) is 2.87. The first-order chi connectivity index (χ1) is 18.8. The third-order valence-corrected chi connectivity index (χ3v) is 5.55. The minimum Gasteiger partial charge on any atom is -0.457 e. The van der Waals surface area contributed by atoms with Gasteiger partial charge in [0.1, 0.15) is 11.5 Å². The van der Waals surface area contributed by atoms with Crippen LogP contribution in [0.3, 0.4) is 0 Å². The van der Waals surface area contributed by atoms with Crippen LogP contribution in [0.15, 0.2) is 72.8 Å². The van der Waals surface area contributed by atoms with Crippen LogP contribution in [0.5, 0.6) is 17.2 Å². The topological polar surface area (TPSA) is 45.2 Å². The third kappa shape index (κ3) is 7.26. The summed E-state index contributed by atoms with van der Waals surface area (Å²) >= 11 is 0. The van der Waals surface area contributed by atoms with Crippen LogP contribution in [-0.4, -0.2) is 50.1 Å². The van der Waals surface area contributed by atoms with Crippen molar-refractivity contribution in [2.45, 2.75) is 30.3 Å². The Bertz CT molecular complexity index is 1330. The number of hydrogen-bond donors (Lipinski definition) is 1. The molecule has 0 radical (unpaired) electrons. The highest BCUT2D eigenvalue weighted by Gasteiger charge is 2.73. The summed E-state index contributed by atoms with van der Waals surface area (Å²) in [5, 5.41) is 10.0. The van der Waals surface area contributed by atoms with E-state index in [2.05, 4.69) is 0 Å². The van der Waals surface area contributed by atoms with E-state index in [4.69, 9.17) is 9.57 Å². The molecule has 0 bridgehead atoms. The molecule has 0 amide bonds. The van der Waals surface area contributed by atoms with E-state index in [0.29, 0.717) is 16.9 Å². The number of benzene rings is 3. The van der Waals surface area contributed by atoms with Crippen molar-refractivity contribution >= 4 is 11.4 Å². The highest BCUT2D eigenvalue weighted by molar-refractivity contribution is 5.53. The first kappa shape index (κ1) is 31.6. The second-order valence-electron chi connectivity index (χ2n) is 8.88. The van der Waals surface area contributed by atoms with E-state index in [1.54, 1.807) is 43.3 Å². The number of alkyl halides is 10. The Hall–Kier alpha value is -3.88. The van der Waals surface area contributed by atoms with Gasteiger partial charge in [0.2, 0.25) is 0 Å². The predicted octanol–water partition coefficient (Wildman–Crippen LogP) is 7.56. The molecule has 3 aromatic rings. The smallest absolute Gasteiger partial charge is 0.457 e. The summed E-state index contributed by atoms with van der Waals surface area (Å²) in [6.07, 6.45) is -14.8. The summed E-state index contributed by atoms with van der Waals surface area (Å²) < 4.78 is 139. The number of rotatable bonds is 10. The summed E-state index contributed by atoms with van der Waals surface area (Å²) in [6.45, 7) is -1.34. The number of nitrogens with zero attached hydrogens (tertiary/aromatic N) is 2. The molecular weight excluding hydrogens is 578 g/mol. The second kappa shape index (κ2) is 11.5. The molecule has 3 aromatic carbocycles. The Kier molecular flexibility index (Phi) is 8.91. The quantitative estimate of drug-likeness (QED) is 0.192. The molecule has 0 spiro atoms. The number of hydroxylamine groups is 1. The number of ether oxygens (including phenoxy) is 1. The van der Waals surface area contributed by atoms with Gasteiger partial charge >= 0.3 is 24.2 Å². The van der Waals surface area contributed by atoms with E-state index in [0.717, 1.165) is 11.8 Å². The average molecular weight is 600 g/mol. The number of hydrogen-bond acceptors (Lipinski definition) is 5. The van der Waals surface area contributed by atoms with Crippen molar-refractivity contribution in [2.24, 2.45) is 0 Å². The minimum absolute atomic E-state index is 0.0682. The van der Waals surface area contributed by atoms with Gasteiger partial charge in [-0.25, -0.2) is 5.06 Å². The van der Waals surface area contributed by atoms with Gasteiger partial charge in [-0.2, -0.15) is 43.9 Å². The summed E-state index contributed by atoms with van der Waals surface area (Å²) in [7, 11) is 3.55. The Morgan fingerprint density at radius 2 is 1.22 bits per heavy atom. The lowest BCUT2D eigenvalue weighted by Gasteiger charge is -2.30. The van der Waals surface area contributed by atoms with Crippen LogP contribution in [0.25, 0.3) is 0 Å². The van der Waals surface area contributed by atoms with Crippen LogP contribution in [0, 0.1) is 0 Å². The molecule has 0 aliphatic rings. The lowest BCUT2D eigenvalue weighted by molar-refractivity contribution is -0.359. The maximum atomic E-state index is 14.2. The zero-order valence-corrected chi connectivity index (χ0v) is 21.2. The van der Waals surface area contributed by atoms with Crippen molar-refractivity contribution in [1.29, 1.82) is 0 Å². The Morgan fingerprint density at radius 1 is 0.707 bits per heavy atom. The monoisotopic (exact) mass is 600 g/mol. The maximum Gasteiger partial charge on any atom is 0.460 e. The standard InChI is InChI=1S/C26H22F10N2O3/c1-37(2)17-7-4-9-19(13-17)40-20-10-5-8-18(14-20)38(15-22(39)24(29,30)31)41-21-11-3-6-16(12-21)23(27,28)25(32,33)26(34,35)36/h3-14,22,39H,15H2,1-2H3. The summed E-state index contributed by atoms with van der Waals surface area (Å²) in [5.41, 5.74) is -1.27. The van der Waals surface area contributed by atoms with Gasteiger partial charge in [0.05, 0.1) is 12.2 Å². The van der Waals surface area contributed by atoms with Crippen LogP contribution in [-0.2, 0) is 5.92 Å². The lowest BCUT2D eigenvalue weighted by atomic mass is 10.0. The molecule has 224 valence electrons. The van der Waals surface area contributed by atoms with E-state index < -0.39 is 48.2 Å². The SMILES string of the molecule is CN(C)c1cccc(Oc2cccc(N(CC(O)C(F)(F)F)Oc3cccc(C(F)(F)C(F)(F)C(F)(F)F)c3)c2)c1. The Labute approximate surface area is 227 Å². The fourth-order valence-electron chi connectivity index (χ4n) is 3.35. The van der Waals surface area contributed by atoms with Gasteiger partial charge in [-0.15, -0.1) is 0 Å². The summed E-state index contributed by atoms with van der Waals surface area (Å²) in [6, 6.07) is 13.7. The van der Waals surface area contributed by atoms with E-state index in [-0.39, 0.29) is 23.6 Å². The highest BCUT2D eigenvalue weighted by atomic mass is 19.4. The van der Waals surface area contributed by atoms with E-state index in [9.17, 15) is 49.0 Å². The maximum absolute atomic E-state index is 14.2. The normalized spacial score (nSPS) is 13.5. The molecular formula is C26H22F10N2O3. The third-order valence-electron chi connectivity index (χ3n) is 5.55. The van der Waals surface area contributed by atoms with Crippen LogP contribution in [0.4, 0.5) is 55.3 Å².